The zero-order valence-corrected chi connectivity index (χ0v) is 23.9. The molecule has 0 saturated heterocycles. The van der Waals surface area contributed by atoms with Crippen LogP contribution < -0.4 is 9.62 Å². The van der Waals surface area contributed by atoms with Gasteiger partial charge in [0.15, 0.2) is 0 Å². The first-order chi connectivity index (χ1) is 18.6. The molecule has 0 aliphatic carbocycles. The highest BCUT2D eigenvalue weighted by Crippen LogP contribution is 2.28. The molecule has 0 aliphatic heterocycles. The molecule has 3 rings (SSSR count). The summed E-state index contributed by atoms with van der Waals surface area (Å²) < 4.78 is 43.0. The number of benzene rings is 3. The fraction of sp³-hybridized carbons (Fsp3) is 0.286. The van der Waals surface area contributed by atoms with Gasteiger partial charge in [0.1, 0.15) is 18.4 Å². The summed E-state index contributed by atoms with van der Waals surface area (Å²) in [6, 6.07) is 16.6. The van der Waals surface area contributed by atoms with Crippen LogP contribution in [0.15, 0.2) is 77.7 Å². The van der Waals surface area contributed by atoms with E-state index in [1.807, 2.05) is 6.92 Å². The molecule has 0 bridgehead atoms. The number of nitrogens with zero attached hydrogens (tertiary/aromatic N) is 2. The lowest BCUT2D eigenvalue weighted by Gasteiger charge is -2.33. The van der Waals surface area contributed by atoms with Crippen LogP contribution in [-0.4, -0.2) is 44.3 Å². The number of hydrogen-bond donors (Lipinski definition) is 1. The number of amides is 2. The molecule has 0 spiro atoms. The molecule has 208 valence electrons. The molecule has 7 nitrogen and oxygen atoms in total. The van der Waals surface area contributed by atoms with Crippen molar-refractivity contribution in [3.8, 4) is 0 Å². The lowest BCUT2D eigenvalue weighted by atomic mass is 10.1. The maximum Gasteiger partial charge on any atom is 0.264 e. The Kier molecular flexibility index (Phi) is 10.7. The summed E-state index contributed by atoms with van der Waals surface area (Å²) in [5.41, 5.74) is 0.224. The fourth-order valence-corrected chi connectivity index (χ4v) is 5.92. The van der Waals surface area contributed by atoms with Crippen molar-refractivity contribution in [2.45, 2.75) is 44.2 Å². The van der Waals surface area contributed by atoms with Gasteiger partial charge in [-0.1, -0.05) is 73.4 Å². The van der Waals surface area contributed by atoms with Crippen molar-refractivity contribution in [2.24, 2.45) is 0 Å². The quantitative estimate of drug-likeness (QED) is 0.293. The topological polar surface area (TPSA) is 86.8 Å². The first-order valence-electron chi connectivity index (χ1n) is 12.4. The SMILES string of the molecule is CCCNC(=O)[C@H](CC)N(Cc1ccc(Cl)cc1Cl)C(=O)CN(c1ccccc1F)S(=O)(=O)c1ccccc1. The number of rotatable bonds is 12. The molecule has 11 heteroatoms. The first kappa shape index (κ1) is 30.4. The van der Waals surface area contributed by atoms with Gasteiger partial charge >= 0.3 is 0 Å². The van der Waals surface area contributed by atoms with E-state index in [0.717, 1.165) is 10.4 Å². The highest BCUT2D eigenvalue weighted by molar-refractivity contribution is 7.92. The summed E-state index contributed by atoms with van der Waals surface area (Å²) >= 11 is 12.4. The second-order valence-corrected chi connectivity index (χ2v) is 11.5. The van der Waals surface area contributed by atoms with Crippen LogP contribution in [0.3, 0.4) is 0 Å². The third kappa shape index (κ3) is 7.50. The van der Waals surface area contributed by atoms with Crippen molar-refractivity contribution in [1.82, 2.24) is 10.2 Å². The van der Waals surface area contributed by atoms with Gasteiger partial charge < -0.3 is 10.2 Å². The number of anilines is 1. The zero-order chi connectivity index (χ0) is 28.6. The first-order valence-corrected chi connectivity index (χ1v) is 14.6. The van der Waals surface area contributed by atoms with Gasteiger partial charge in [0, 0.05) is 23.1 Å². The molecule has 1 atom stereocenters. The zero-order valence-electron chi connectivity index (χ0n) is 21.6. The van der Waals surface area contributed by atoms with E-state index >= 15 is 0 Å². The summed E-state index contributed by atoms with van der Waals surface area (Å²) in [7, 11) is -4.36. The van der Waals surface area contributed by atoms with Gasteiger partial charge in [-0.2, -0.15) is 0 Å². The molecule has 2 amide bonds. The van der Waals surface area contributed by atoms with E-state index in [4.69, 9.17) is 23.2 Å². The Labute approximate surface area is 238 Å². The van der Waals surface area contributed by atoms with Crippen molar-refractivity contribution < 1.29 is 22.4 Å². The van der Waals surface area contributed by atoms with Crippen LogP contribution in [0.25, 0.3) is 0 Å². The van der Waals surface area contributed by atoms with Crippen LogP contribution in [0.1, 0.15) is 32.3 Å². The minimum Gasteiger partial charge on any atom is -0.354 e. The fourth-order valence-electron chi connectivity index (χ4n) is 4.01. The average Bonchev–Trinajstić information content (AvgIpc) is 2.92. The van der Waals surface area contributed by atoms with E-state index in [-0.39, 0.29) is 34.5 Å². The molecule has 0 aromatic heterocycles. The van der Waals surface area contributed by atoms with Crippen LogP contribution in [0, 0.1) is 5.82 Å². The van der Waals surface area contributed by atoms with E-state index in [2.05, 4.69) is 5.32 Å². The van der Waals surface area contributed by atoms with E-state index in [1.165, 1.54) is 53.4 Å². The Morgan fingerprint density at radius 3 is 2.26 bits per heavy atom. The van der Waals surface area contributed by atoms with Gasteiger partial charge in [-0.05, 0) is 54.8 Å². The molecule has 0 radical (unpaired) electrons. The van der Waals surface area contributed by atoms with Crippen LogP contribution in [0.2, 0.25) is 10.0 Å². The number of nitrogens with one attached hydrogen (secondary N) is 1. The number of hydrogen-bond acceptors (Lipinski definition) is 4. The highest BCUT2D eigenvalue weighted by Gasteiger charge is 2.34. The number of sulfonamides is 1. The normalized spacial score (nSPS) is 12.0. The van der Waals surface area contributed by atoms with E-state index in [0.29, 0.717) is 23.6 Å². The van der Waals surface area contributed by atoms with Gasteiger partial charge in [-0.25, -0.2) is 12.8 Å². The molecule has 3 aromatic carbocycles. The van der Waals surface area contributed by atoms with Crippen LogP contribution in [0.4, 0.5) is 10.1 Å². The summed E-state index contributed by atoms with van der Waals surface area (Å²) in [4.78, 5) is 28.2. The molecule has 0 saturated carbocycles. The lowest BCUT2D eigenvalue weighted by Crippen LogP contribution is -2.52. The average molecular weight is 595 g/mol. The Balaban J connectivity index is 2.07. The molecule has 3 aromatic rings. The van der Waals surface area contributed by atoms with E-state index in [1.54, 1.807) is 25.1 Å². The van der Waals surface area contributed by atoms with Gasteiger partial charge in [0.2, 0.25) is 11.8 Å². The Morgan fingerprint density at radius 2 is 1.64 bits per heavy atom. The third-order valence-electron chi connectivity index (χ3n) is 6.02. The summed E-state index contributed by atoms with van der Waals surface area (Å²) in [6.45, 7) is 3.21. The molecular formula is C28H30Cl2FN3O4S. The molecule has 0 heterocycles. The molecule has 0 aliphatic rings. The van der Waals surface area contributed by atoms with Gasteiger partial charge in [0.05, 0.1) is 10.6 Å². The van der Waals surface area contributed by atoms with E-state index in [9.17, 15) is 22.4 Å². The largest absolute Gasteiger partial charge is 0.354 e. The van der Waals surface area contributed by atoms with Gasteiger partial charge in [-0.3, -0.25) is 13.9 Å². The molecular weight excluding hydrogens is 564 g/mol. The lowest BCUT2D eigenvalue weighted by molar-refractivity contribution is -0.140. The number of carbonyl (C=O) groups is 2. The van der Waals surface area contributed by atoms with Crippen molar-refractivity contribution in [3.63, 3.8) is 0 Å². The molecule has 1 N–H and O–H groups in total. The van der Waals surface area contributed by atoms with Gasteiger partial charge in [0.25, 0.3) is 10.0 Å². The van der Waals surface area contributed by atoms with E-state index < -0.39 is 34.3 Å². The minimum absolute atomic E-state index is 0.0939. The predicted octanol–water partition coefficient (Wildman–Crippen LogP) is 5.66. The second kappa shape index (κ2) is 13.8. The maximum atomic E-state index is 14.9. The van der Waals surface area contributed by atoms with Crippen molar-refractivity contribution in [2.75, 3.05) is 17.4 Å². The van der Waals surface area contributed by atoms with Crippen LogP contribution >= 0.6 is 23.2 Å². The Hall–Kier alpha value is -3.14. The monoisotopic (exact) mass is 593 g/mol. The highest BCUT2D eigenvalue weighted by atomic mass is 35.5. The molecule has 39 heavy (non-hydrogen) atoms. The molecule has 0 unspecified atom stereocenters. The Bertz CT molecular complexity index is 1410. The maximum absolute atomic E-state index is 14.9. The van der Waals surface area contributed by atoms with Gasteiger partial charge in [-0.15, -0.1) is 0 Å². The van der Waals surface area contributed by atoms with Crippen LogP contribution in [0.5, 0.6) is 0 Å². The number of halogens is 3. The number of para-hydroxylation sites is 1. The second-order valence-electron chi connectivity index (χ2n) is 8.75. The third-order valence-corrected chi connectivity index (χ3v) is 8.38. The molecule has 0 fully saturated rings. The minimum atomic E-state index is -4.36. The standard InChI is InChI=1S/C28H30Cl2FN3O4S/c1-3-16-32-28(36)25(4-2)33(18-20-14-15-21(29)17-23(20)30)27(35)19-34(26-13-9-8-12-24(26)31)39(37,38)22-10-6-5-7-11-22/h5-15,17,25H,3-4,16,18-19H2,1-2H3,(H,32,36)/t25-/m0/s1. The van der Waals surface area contributed by atoms with Crippen molar-refractivity contribution in [3.05, 3.63) is 94.2 Å². The summed E-state index contributed by atoms with van der Waals surface area (Å²) in [5, 5.41) is 3.48. The number of carbonyl (C=O) groups excluding carboxylic acids is 2. The smallest absolute Gasteiger partial charge is 0.264 e. The van der Waals surface area contributed by atoms with Crippen molar-refractivity contribution in [1.29, 1.82) is 0 Å². The van der Waals surface area contributed by atoms with Crippen LogP contribution in [-0.2, 0) is 26.2 Å². The summed E-state index contributed by atoms with van der Waals surface area (Å²) in [6.07, 6.45) is 0.938. The van der Waals surface area contributed by atoms with Crippen molar-refractivity contribution >= 4 is 50.7 Å². The predicted molar refractivity (Wildman–Crippen MR) is 152 cm³/mol. The Morgan fingerprint density at radius 1 is 0.974 bits per heavy atom. The summed E-state index contributed by atoms with van der Waals surface area (Å²) in [5.74, 6) is -1.91.